The van der Waals surface area contributed by atoms with E-state index in [1.807, 2.05) is 27.7 Å². The quantitative estimate of drug-likeness (QED) is 0.774. The molecule has 0 aromatic carbocycles. The van der Waals surface area contributed by atoms with Crippen LogP contribution in [0.15, 0.2) is 0 Å². The molecule has 2 saturated heterocycles. The van der Waals surface area contributed by atoms with Gasteiger partial charge in [0.15, 0.2) is 11.6 Å². The summed E-state index contributed by atoms with van der Waals surface area (Å²) >= 11 is 0. The van der Waals surface area contributed by atoms with E-state index in [9.17, 15) is 0 Å². The Morgan fingerprint density at radius 1 is 0.789 bits per heavy atom. The van der Waals surface area contributed by atoms with Gasteiger partial charge < -0.3 is 18.9 Å². The topological polar surface area (TPSA) is 36.9 Å². The number of ether oxygens (including phenoxy) is 4. The molecule has 0 bridgehead atoms. The second-order valence-corrected chi connectivity index (χ2v) is 6.92. The summed E-state index contributed by atoms with van der Waals surface area (Å²) in [5.41, 5.74) is 0. The van der Waals surface area contributed by atoms with Gasteiger partial charge in [-0.15, -0.1) is 0 Å². The monoisotopic (exact) mass is 272 g/mol. The van der Waals surface area contributed by atoms with Crippen molar-refractivity contribution in [2.45, 2.75) is 71.7 Å². The van der Waals surface area contributed by atoms with Gasteiger partial charge in [0.05, 0.1) is 25.4 Å². The van der Waals surface area contributed by atoms with Crippen LogP contribution in [-0.2, 0) is 18.9 Å². The molecule has 19 heavy (non-hydrogen) atoms. The highest BCUT2D eigenvalue weighted by atomic mass is 16.7. The minimum absolute atomic E-state index is 0.185. The zero-order chi connectivity index (χ0) is 14.3. The maximum absolute atomic E-state index is 6.06. The van der Waals surface area contributed by atoms with Crippen molar-refractivity contribution in [2.24, 2.45) is 11.8 Å². The summed E-state index contributed by atoms with van der Waals surface area (Å²) in [6, 6.07) is 0. The summed E-state index contributed by atoms with van der Waals surface area (Å²) in [6.07, 6.45) is 1.28. The normalized spacial score (nSPS) is 42.0. The van der Waals surface area contributed by atoms with E-state index in [1.165, 1.54) is 0 Å². The molecule has 2 heterocycles. The lowest BCUT2D eigenvalue weighted by Gasteiger charge is -2.45. The second kappa shape index (κ2) is 5.32. The molecule has 0 spiro atoms. The van der Waals surface area contributed by atoms with Crippen LogP contribution in [0.25, 0.3) is 0 Å². The van der Waals surface area contributed by atoms with Gasteiger partial charge in [-0.3, -0.25) is 0 Å². The average molecular weight is 272 g/mol. The van der Waals surface area contributed by atoms with E-state index in [4.69, 9.17) is 18.9 Å². The van der Waals surface area contributed by atoms with Gasteiger partial charge in [0.2, 0.25) is 0 Å². The Morgan fingerprint density at radius 3 is 1.53 bits per heavy atom. The molecule has 0 aromatic heterocycles. The molecule has 0 saturated carbocycles. The Labute approximate surface area is 116 Å². The van der Waals surface area contributed by atoms with Crippen LogP contribution in [0.4, 0.5) is 0 Å². The molecule has 2 aliphatic heterocycles. The van der Waals surface area contributed by atoms with E-state index in [2.05, 4.69) is 13.8 Å². The molecule has 4 heteroatoms. The van der Waals surface area contributed by atoms with Crippen molar-refractivity contribution in [3.8, 4) is 0 Å². The molecule has 2 rings (SSSR count). The fourth-order valence-electron chi connectivity index (χ4n) is 2.70. The molecule has 4 nitrogen and oxygen atoms in total. The van der Waals surface area contributed by atoms with Crippen LogP contribution in [0.3, 0.4) is 0 Å². The predicted molar refractivity (Wildman–Crippen MR) is 72.8 cm³/mol. The standard InChI is InChI=1S/C15H28O4/c1-10-8-16-14(3,4)18-12(10)7-13-11(2)9-17-15(5,6)19-13/h10-13H,7-9H2,1-6H3/t10-,11-,12+,13+/m0/s1. The van der Waals surface area contributed by atoms with E-state index in [-0.39, 0.29) is 12.2 Å². The molecule has 0 aliphatic carbocycles. The van der Waals surface area contributed by atoms with Crippen molar-refractivity contribution < 1.29 is 18.9 Å². The zero-order valence-corrected chi connectivity index (χ0v) is 13.1. The SMILES string of the molecule is C[C@H]1COC(C)(C)O[C@@H]1C[C@H]1OC(C)(C)OC[C@@H]1C. The van der Waals surface area contributed by atoms with Gasteiger partial charge in [0.1, 0.15) is 0 Å². The third-order valence-electron chi connectivity index (χ3n) is 3.99. The third-order valence-corrected chi connectivity index (χ3v) is 3.99. The maximum Gasteiger partial charge on any atom is 0.163 e. The number of rotatable bonds is 2. The van der Waals surface area contributed by atoms with E-state index >= 15 is 0 Å². The Bertz CT molecular complexity index is 283. The van der Waals surface area contributed by atoms with Gasteiger partial charge in [-0.1, -0.05) is 13.8 Å². The Hall–Kier alpha value is -0.160. The molecular weight excluding hydrogens is 244 g/mol. The fourth-order valence-corrected chi connectivity index (χ4v) is 2.70. The highest BCUT2D eigenvalue weighted by molar-refractivity contribution is 4.82. The summed E-state index contributed by atoms with van der Waals surface area (Å²) in [5, 5.41) is 0. The van der Waals surface area contributed by atoms with Crippen molar-refractivity contribution in [1.29, 1.82) is 0 Å². The molecule has 0 aromatic rings. The zero-order valence-electron chi connectivity index (χ0n) is 13.1. The van der Waals surface area contributed by atoms with Crippen LogP contribution < -0.4 is 0 Å². The summed E-state index contributed by atoms with van der Waals surface area (Å²) in [6.45, 7) is 13.8. The van der Waals surface area contributed by atoms with Crippen molar-refractivity contribution >= 4 is 0 Å². The lowest BCUT2D eigenvalue weighted by molar-refractivity contribution is -0.319. The van der Waals surface area contributed by atoms with Crippen LogP contribution in [0.1, 0.15) is 48.0 Å². The highest BCUT2D eigenvalue weighted by Gasteiger charge is 2.40. The minimum atomic E-state index is -0.485. The van der Waals surface area contributed by atoms with Gasteiger partial charge in [-0.2, -0.15) is 0 Å². The van der Waals surface area contributed by atoms with Gasteiger partial charge in [0.25, 0.3) is 0 Å². The van der Waals surface area contributed by atoms with Gasteiger partial charge in [-0.05, 0) is 27.7 Å². The van der Waals surface area contributed by atoms with Crippen molar-refractivity contribution in [3.05, 3.63) is 0 Å². The Kier molecular flexibility index (Phi) is 4.26. The third kappa shape index (κ3) is 3.91. The number of hydrogen-bond acceptors (Lipinski definition) is 4. The van der Waals surface area contributed by atoms with Crippen LogP contribution in [0.5, 0.6) is 0 Å². The molecule has 0 radical (unpaired) electrons. The van der Waals surface area contributed by atoms with E-state index in [0.29, 0.717) is 11.8 Å². The minimum Gasteiger partial charge on any atom is -0.350 e. The van der Waals surface area contributed by atoms with Crippen molar-refractivity contribution in [1.82, 2.24) is 0 Å². The smallest absolute Gasteiger partial charge is 0.163 e. The summed E-state index contributed by atoms with van der Waals surface area (Å²) in [7, 11) is 0. The van der Waals surface area contributed by atoms with E-state index in [1.54, 1.807) is 0 Å². The first-order valence-corrected chi connectivity index (χ1v) is 7.32. The Morgan fingerprint density at radius 2 is 1.16 bits per heavy atom. The summed E-state index contributed by atoms with van der Waals surface area (Å²) < 4.78 is 23.5. The molecule has 112 valence electrons. The molecule has 0 amide bonds. The number of hydrogen-bond donors (Lipinski definition) is 0. The van der Waals surface area contributed by atoms with Crippen LogP contribution >= 0.6 is 0 Å². The first-order valence-electron chi connectivity index (χ1n) is 7.32. The molecule has 4 atom stereocenters. The van der Waals surface area contributed by atoms with Gasteiger partial charge >= 0.3 is 0 Å². The lowest BCUT2D eigenvalue weighted by Crippen LogP contribution is -2.50. The van der Waals surface area contributed by atoms with E-state index in [0.717, 1.165) is 19.6 Å². The van der Waals surface area contributed by atoms with E-state index < -0.39 is 11.6 Å². The first-order chi connectivity index (χ1) is 8.69. The largest absolute Gasteiger partial charge is 0.350 e. The molecular formula is C15H28O4. The van der Waals surface area contributed by atoms with Gasteiger partial charge in [-0.25, -0.2) is 0 Å². The highest BCUT2D eigenvalue weighted by Crippen LogP contribution is 2.34. The van der Waals surface area contributed by atoms with Gasteiger partial charge in [0, 0.05) is 18.3 Å². The molecule has 2 fully saturated rings. The fraction of sp³-hybridized carbons (Fsp3) is 1.00. The lowest BCUT2D eigenvalue weighted by atomic mass is 9.91. The van der Waals surface area contributed by atoms with Crippen molar-refractivity contribution in [2.75, 3.05) is 13.2 Å². The summed E-state index contributed by atoms with van der Waals surface area (Å²) in [5.74, 6) is -0.174. The van der Waals surface area contributed by atoms with Crippen LogP contribution in [0.2, 0.25) is 0 Å². The molecule has 0 unspecified atom stereocenters. The van der Waals surface area contributed by atoms with Crippen LogP contribution in [-0.4, -0.2) is 37.0 Å². The van der Waals surface area contributed by atoms with Crippen molar-refractivity contribution in [3.63, 3.8) is 0 Å². The maximum atomic E-state index is 6.06. The molecule has 2 aliphatic rings. The predicted octanol–water partition coefficient (Wildman–Crippen LogP) is 2.95. The molecule has 0 N–H and O–H groups in total. The second-order valence-electron chi connectivity index (χ2n) is 6.92. The average Bonchev–Trinajstić information content (AvgIpc) is 2.28. The first kappa shape index (κ1) is 15.2. The van der Waals surface area contributed by atoms with Crippen LogP contribution in [0, 0.1) is 11.8 Å². The summed E-state index contributed by atoms with van der Waals surface area (Å²) in [4.78, 5) is 0. The Balaban J connectivity index is 1.98.